The highest BCUT2D eigenvalue weighted by Gasteiger charge is 2.46. The number of likely N-dealkylation sites (tertiary alicyclic amines) is 1. The maximum absolute atomic E-state index is 13.3. The van der Waals surface area contributed by atoms with Crippen LogP contribution in [0.2, 0.25) is 0 Å². The third kappa shape index (κ3) is 5.82. The van der Waals surface area contributed by atoms with E-state index in [9.17, 15) is 14.7 Å². The summed E-state index contributed by atoms with van der Waals surface area (Å²) < 4.78 is 11.5. The number of benzene rings is 2. The summed E-state index contributed by atoms with van der Waals surface area (Å²) in [5, 5.41) is 11.2. The van der Waals surface area contributed by atoms with E-state index in [1.807, 2.05) is 36.4 Å². The first-order valence-electron chi connectivity index (χ1n) is 12.4. The van der Waals surface area contributed by atoms with Gasteiger partial charge < -0.3 is 19.5 Å². The number of aromatic nitrogens is 1. The molecule has 1 fully saturated rings. The van der Waals surface area contributed by atoms with Crippen LogP contribution in [0.25, 0.3) is 5.76 Å². The van der Waals surface area contributed by atoms with Crippen LogP contribution in [0.5, 0.6) is 11.5 Å². The molecule has 1 atom stereocenters. The Morgan fingerprint density at radius 3 is 2.43 bits per heavy atom. The minimum absolute atomic E-state index is 0.0415. The van der Waals surface area contributed by atoms with Gasteiger partial charge in [0.2, 0.25) is 0 Å². The Labute approximate surface area is 217 Å². The van der Waals surface area contributed by atoms with Gasteiger partial charge >= 0.3 is 0 Å². The van der Waals surface area contributed by atoms with Gasteiger partial charge in [-0.05, 0) is 54.2 Å². The predicted octanol–water partition coefficient (Wildman–Crippen LogP) is 5.18. The van der Waals surface area contributed by atoms with Crippen molar-refractivity contribution < 1.29 is 24.2 Å². The zero-order chi connectivity index (χ0) is 26.4. The molecule has 1 aliphatic heterocycles. The van der Waals surface area contributed by atoms with Crippen molar-refractivity contribution in [3.8, 4) is 11.5 Å². The van der Waals surface area contributed by atoms with Crippen molar-refractivity contribution in [3.05, 3.63) is 95.3 Å². The number of ether oxygens (including phenoxy) is 2. The van der Waals surface area contributed by atoms with Crippen LogP contribution in [-0.2, 0) is 16.0 Å². The largest absolute Gasteiger partial charge is 0.507 e. The highest BCUT2D eigenvalue weighted by Crippen LogP contribution is 2.42. The van der Waals surface area contributed by atoms with Gasteiger partial charge in [-0.15, -0.1) is 0 Å². The molecule has 1 N–H and O–H groups in total. The van der Waals surface area contributed by atoms with Crippen LogP contribution >= 0.6 is 0 Å². The Balaban J connectivity index is 1.75. The summed E-state index contributed by atoms with van der Waals surface area (Å²) in [4.78, 5) is 32.0. The normalized spacial score (nSPS) is 16.9. The van der Waals surface area contributed by atoms with Crippen molar-refractivity contribution in [2.45, 2.75) is 32.7 Å². The van der Waals surface area contributed by atoms with E-state index < -0.39 is 17.7 Å². The number of aliphatic hydroxyl groups excluding tert-OH is 1. The summed E-state index contributed by atoms with van der Waals surface area (Å²) in [5.74, 6) is -0.00977. The minimum atomic E-state index is -0.782. The van der Waals surface area contributed by atoms with Crippen LogP contribution in [-0.4, -0.2) is 46.9 Å². The van der Waals surface area contributed by atoms with Gasteiger partial charge in [-0.3, -0.25) is 14.6 Å². The van der Waals surface area contributed by atoms with Crippen LogP contribution in [0.1, 0.15) is 43.0 Å². The number of amides is 1. The van der Waals surface area contributed by atoms with Crippen molar-refractivity contribution in [1.82, 2.24) is 9.88 Å². The van der Waals surface area contributed by atoms with Gasteiger partial charge in [-0.25, -0.2) is 0 Å². The quantitative estimate of drug-likeness (QED) is 0.234. The average Bonchev–Trinajstić information content (AvgIpc) is 3.17. The van der Waals surface area contributed by atoms with E-state index in [4.69, 9.17) is 9.47 Å². The molecule has 37 heavy (non-hydrogen) atoms. The third-order valence-corrected chi connectivity index (χ3v) is 6.43. The van der Waals surface area contributed by atoms with Gasteiger partial charge in [0.25, 0.3) is 11.7 Å². The summed E-state index contributed by atoms with van der Waals surface area (Å²) >= 11 is 0. The highest BCUT2D eigenvalue weighted by molar-refractivity contribution is 6.46. The second-order valence-corrected chi connectivity index (χ2v) is 9.41. The lowest BCUT2D eigenvalue weighted by molar-refractivity contribution is -0.139. The molecule has 1 unspecified atom stereocenters. The van der Waals surface area contributed by atoms with E-state index in [-0.39, 0.29) is 11.3 Å². The molecule has 3 aromatic rings. The number of rotatable bonds is 10. The second-order valence-electron chi connectivity index (χ2n) is 9.41. The molecular formula is C30H32N2O5. The first-order chi connectivity index (χ1) is 17.9. The number of hydrogen-bond acceptors (Lipinski definition) is 6. The third-order valence-electron chi connectivity index (χ3n) is 6.43. The zero-order valence-corrected chi connectivity index (χ0v) is 21.4. The lowest BCUT2D eigenvalue weighted by Gasteiger charge is -2.26. The lowest BCUT2D eigenvalue weighted by atomic mass is 9.95. The molecule has 2 heterocycles. The molecule has 0 spiro atoms. The number of aliphatic hydroxyl groups is 1. The van der Waals surface area contributed by atoms with E-state index in [1.165, 1.54) is 17.3 Å². The summed E-state index contributed by atoms with van der Waals surface area (Å²) in [6, 6.07) is 17.6. The van der Waals surface area contributed by atoms with Crippen LogP contribution in [0.15, 0.2) is 78.6 Å². The van der Waals surface area contributed by atoms with Crippen LogP contribution in [0, 0.1) is 5.92 Å². The molecule has 1 aromatic heterocycles. The number of pyridine rings is 1. The molecule has 0 radical (unpaired) electrons. The zero-order valence-electron chi connectivity index (χ0n) is 21.4. The molecule has 1 aliphatic rings. The van der Waals surface area contributed by atoms with Gasteiger partial charge in [0.1, 0.15) is 5.76 Å². The van der Waals surface area contributed by atoms with Crippen molar-refractivity contribution in [2.75, 3.05) is 20.3 Å². The summed E-state index contributed by atoms with van der Waals surface area (Å²) in [6.45, 7) is 5.11. The maximum atomic E-state index is 13.3. The van der Waals surface area contributed by atoms with Gasteiger partial charge in [-0.1, -0.05) is 50.2 Å². The molecular weight excluding hydrogens is 468 g/mol. The molecule has 0 saturated carbocycles. The van der Waals surface area contributed by atoms with Crippen molar-refractivity contribution in [1.29, 1.82) is 0 Å². The molecule has 7 nitrogen and oxygen atoms in total. The SMILES string of the molecule is COc1cc(C2C(=C(O)c3ccncc3)C(=O)C(=O)N2CCc2ccccc2)ccc1OCCC(C)C. The molecule has 192 valence electrons. The van der Waals surface area contributed by atoms with E-state index in [0.29, 0.717) is 48.1 Å². The Morgan fingerprint density at radius 1 is 1.03 bits per heavy atom. The Kier molecular flexibility index (Phi) is 8.23. The highest BCUT2D eigenvalue weighted by atomic mass is 16.5. The number of ketones is 1. The van der Waals surface area contributed by atoms with Gasteiger partial charge in [0.05, 0.1) is 25.3 Å². The number of carbonyl (C=O) groups excluding carboxylic acids is 2. The van der Waals surface area contributed by atoms with Crippen LogP contribution in [0.3, 0.4) is 0 Å². The van der Waals surface area contributed by atoms with E-state index >= 15 is 0 Å². The van der Waals surface area contributed by atoms with Crippen molar-refractivity contribution in [2.24, 2.45) is 5.92 Å². The van der Waals surface area contributed by atoms with E-state index in [0.717, 1.165) is 12.0 Å². The molecule has 2 aromatic carbocycles. The molecule has 4 rings (SSSR count). The molecule has 7 heteroatoms. The standard InChI is InChI=1S/C30H32N2O5/c1-20(2)14-18-37-24-10-9-23(19-25(24)36-3)27-26(28(33)22-11-15-31-16-12-22)29(34)30(35)32(27)17-13-21-7-5-4-6-8-21/h4-12,15-16,19-20,27,33H,13-14,17-18H2,1-3H3. The average molecular weight is 501 g/mol. The smallest absolute Gasteiger partial charge is 0.295 e. The molecule has 0 aliphatic carbocycles. The monoisotopic (exact) mass is 500 g/mol. The first-order valence-corrected chi connectivity index (χ1v) is 12.4. The van der Waals surface area contributed by atoms with Crippen LogP contribution in [0.4, 0.5) is 0 Å². The minimum Gasteiger partial charge on any atom is -0.507 e. The van der Waals surface area contributed by atoms with Gasteiger partial charge in [-0.2, -0.15) is 0 Å². The fraction of sp³-hybridized carbons (Fsp3) is 0.300. The van der Waals surface area contributed by atoms with Gasteiger partial charge in [0.15, 0.2) is 11.5 Å². The second kappa shape index (κ2) is 11.7. The Morgan fingerprint density at radius 2 is 1.76 bits per heavy atom. The lowest BCUT2D eigenvalue weighted by Crippen LogP contribution is -2.31. The van der Waals surface area contributed by atoms with E-state index in [1.54, 1.807) is 31.4 Å². The maximum Gasteiger partial charge on any atom is 0.295 e. The molecule has 1 saturated heterocycles. The van der Waals surface area contributed by atoms with Crippen molar-refractivity contribution >= 4 is 17.4 Å². The number of nitrogens with zero attached hydrogens (tertiary/aromatic N) is 2. The van der Waals surface area contributed by atoms with E-state index in [2.05, 4.69) is 18.8 Å². The Bertz CT molecular complexity index is 1270. The summed E-state index contributed by atoms with van der Waals surface area (Å²) in [7, 11) is 1.55. The first kappa shape index (κ1) is 25.9. The number of Topliss-reactive ketones (excluding diaryl/α,β-unsaturated/α-hetero) is 1. The Hall–Kier alpha value is -4.13. The molecule has 0 bridgehead atoms. The number of carbonyl (C=O) groups is 2. The fourth-order valence-electron chi connectivity index (χ4n) is 4.39. The summed E-state index contributed by atoms with van der Waals surface area (Å²) in [6.07, 6.45) is 4.52. The van der Waals surface area contributed by atoms with Crippen LogP contribution < -0.4 is 9.47 Å². The topological polar surface area (TPSA) is 89.0 Å². The number of methoxy groups -OCH3 is 1. The fourth-order valence-corrected chi connectivity index (χ4v) is 4.39. The number of hydrogen-bond donors (Lipinski definition) is 1. The predicted molar refractivity (Wildman–Crippen MR) is 141 cm³/mol. The molecule has 1 amide bonds. The van der Waals surface area contributed by atoms with Gasteiger partial charge in [0, 0.05) is 24.5 Å². The summed E-state index contributed by atoms with van der Waals surface area (Å²) in [5.41, 5.74) is 2.15. The van der Waals surface area contributed by atoms with Crippen molar-refractivity contribution in [3.63, 3.8) is 0 Å².